The molecule has 0 saturated carbocycles. The molecule has 1 N–H and O–H groups in total. The number of benzene rings is 2. The van der Waals surface area contributed by atoms with Crippen molar-refractivity contribution in [3.8, 4) is 0 Å². The highest BCUT2D eigenvalue weighted by molar-refractivity contribution is 6.03. The van der Waals surface area contributed by atoms with Crippen molar-refractivity contribution in [3.63, 3.8) is 0 Å². The minimum Gasteiger partial charge on any atom is -0.465 e. The van der Waals surface area contributed by atoms with Crippen LogP contribution in [0.5, 0.6) is 0 Å². The normalized spacial score (nSPS) is 10.5. The monoisotopic (exact) mass is 388 g/mol. The molecule has 0 bridgehead atoms. The number of amides is 1. The molecule has 0 aliphatic heterocycles. The van der Waals surface area contributed by atoms with Gasteiger partial charge in [-0.05, 0) is 42.9 Å². The fraction of sp³-hybridized carbons (Fsp3) is 0.250. The van der Waals surface area contributed by atoms with Crippen molar-refractivity contribution in [3.05, 3.63) is 65.0 Å². The maximum Gasteiger partial charge on any atom is 0.339 e. The molecule has 28 heavy (non-hydrogen) atoms. The zero-order chi connectivity index (χ0) is 20.7. The van der Waals surface area contributed by atoms with Crippen molar-refractivity contribution >= 4 is 23.5 Å². The van der Waals surface area contributed by atoms with Crippen LogP contribution in [0.1, 0.15) is 26.3 Å². The quantitative estimate of drug-likeness (QED) is 0.734. The molecule has 2 aromatic rings. The van der Waals surface area contributed by atoms with E-state index in [9.17, 15) is 18.8 Å². The first kappa shape index (κ1) is 21.0. The summed E-state index contributed by atoms with van der Waals surface area (Å²) in [5, 5.41) is 2.62. The van der Waals surface area contributed by atoms with Crippen LogP contribution in [0.2, 0.25) is 0 Å². The Morgan fingerprint density at radius 3 is 2.25 bits per heavy atom. The summed E-state index contributed by atoms with van der Waals surface area (Å²) in [7, 11) is 4.19. The fourth-order valence-corrected chi connectivity index (χ4v) is 2.57. The highest BCUT2D eigenvalue weighted by Crippen LogP contribution is 2.20. The number of nitrogens with zero attached hydrogens (tertiary/aromatic N) is 1. The maximum absolute atomic E-state index is 13.0. The minimum atomic E-state index is -0.647. The number of hydrogen-bond acceptors (Lipinski definition) is 6. The lowest BCUT2D eigenvalue weighted by Gasteiger charge is -2.17. The topological polar surface area (TPSA) is 84.9 Å². The molecule has 1 amide bonds. The van der Waals surface area contributed by atoms with Gasteiger partial charge in [-0.3, -0.25) is 9.69 Å². The number of methoxy groups -OCH3 is 2. The first-order valence-electron chi connectivity index (χ1n) is 8.37. The molecule has 2 rings (SSSR count). The van der Waals surface area contributed by atoms with Crippen LogP contribution in [-0.4, -0.2) is 50.6 Å². The highest BCUT2D eigenvalue weighted by atomic mass is 19.1. The summed E-state index contributed by atoms with van der Waals surface area (Å²) >= 11 is 0. The second kappa shape index (κ2) is 9.61. The summed E-state index contributed by atoms with van der Waals surface area (Å²) in [6.45, 7) is 0.445. The maximum atomic E-state index is 13.0. The summed E-state index contributed by atoms with van der Waals surface area (Å²) in [4.78, 5) is 37.8. The number of hydrogen-bond donors (Lipinski definition) is 1. The van der Waals surface area contributed by atoms with E-state index in [1.54, 1.807) is 24.1 Å². The Labute approximate surface area is 162 Å². The minimum absolute atomic E-state index is 0.0143. The van der Waals surface area contributed by atoms with Gasteiger partial charge in [-0.25, -0.2) is 14.0 Å². The molecule has 0 spiro atoms. The molecule has 0 fully saturated rings. The van der Waals surface area contributed by atoms with Crippen LogP contribution in [-0.2, 0) is 20.8 Å². The molecule has 0 aliphatic rings. The molecule has 7 nitrogen and oxygen atoms in total. The molecule has 0 saturated heterocycles. The van der Waals surface area contributed by atoms with Gasteiger partial charge in [0.2, 0.25) is 5.91 Å². The van der Waals surface area contributed by atoms with Crippen molar-refractivity contribution in [2.75, 3.05) is 33.1 Å². The van der Waals surface area contributed by atoms with Gasteiger partial charge in [0.05, 0.1) is 37.6 Å². The second-order valence-corrected chi connectivity index (χ2v) is 6.09. The van der Waals surface area contributed by atoms with Crippen molar-refractivity contribution < 1.29 is 28.2 Å². The molecule has 0 radical (unpaired) electrons. The van der Waals surface area contributed by atoms with Crippen LogP contribution in [0.3, 0.4) is 0 Å². The molecule has 0 atom stereocenters. The Hall–Kier alpha value is -3.26. The number of carbonyl (C=O) groups is 3. The molecule has 148 valence electrons. The van der Waals surface area contributed by atoms with Gasteiger partial charge in [0.1, 0.15) is 5.82 Å². The lowest BCUT2D eigenvalue weighted by molar-refractivity contribution is -0.117. The Balaban J connectivity index is 2.11. The number of halogens is 1. The standard InChI is InChI=1S/C20H21FN2O5/c1-23(11-13-4-7-15(21)8-5-13)12-18(24)22-17-10-14(19(25)27-2)6-9-16(17)20(26)28-3/h4-10H,11-12H2,1-3H3,(H,22,24). The predicted molar refractivity (Wildman–Crippen MR) is 100 cm³/mol. The van der Waals surface area contributed by atoms with Crippen LogP contribution < -0.4 is 5.32 Å². The third-order valence-electron chi connectivity index (χ3n) is 3.90. The second-order valence-electron chi connectivity index (χ2n) is 6.09. The summed E-state index contributed by atoms with van der Waals surface area (Å²) < 4.78 is 22.3. The Kier molecular flexibility index (Phi) is 7.22. The van der Waals surface area contributed by atoms with Gasteiger partial charge in [0.25, 0.3) is 0 Å². The molecule has 0 unspecified atom stereocenters. The number of carbonyl (C=O) groups excluding carboxylic acids is 3. The summed E-state index contributed by atoms with van der Waals surface area (Å²) in [5.41, 5.74) is 1.30. The van der Waals surface area contributed by atoms with Crippen molar-refractivity contribution in [2.24, 2.45) is 0 Å². The van der Waals surface area contributed by atoms with Crippen LogP contribution in [0, 0.1) is 5.82 Å². The molecule has 0 aromatic heterocycles. The van der Waals surface area contributed by atoms with Gasteiger partial charge >= 0.3 is 11.9 Å². The summed E-state index contributed by atoms with van der Waals surface area (Å²) in [6.07, 6.45) is 0. The van der Waals surface area contributed by atoms with Crippen molar-refractivity contribution in [1.82, 2.24) is 4.90 Å². The van der Waals surface area contributed by atoms with Gasteiger partial charge < -0.3 is 14.8 Å². The average molecular weight is 388 g/mol. The zero-order valence-electron chi connectivity index (χ0n) is 15.8. The summed E-state index contributed by atoms with van der Waals surface area (Å²) in [5.74, 6) is -1.96. The highest BCUT2D eigenvalue weighted by Gasteiger charge is 2.18. The van der Waals surface area contributed by atoms with E-state index < -0.39 is 17.8 Å². The number of rotatable bonds is 7. The van der Waals surface area contributed by atoms with Gasteiger partial charge in [0, 0.05) is 6.54 Å². The Morgan fingerprint density at radius 2 is 1.64 bits per heavy atom. The van der Waals surface area contributed by atoms with E-state index in [1.165, 1.54) is 44.6 Å². The number of likely N-dealkylation sites (N-methyl/N-ethyl adjacent to an activating group) is 1. The van der Waals surface area contributed by atoms with Crippen LogP contribution >= 0.6 is 0 Å². The summed E-state index contributed by atoms with van der Waals surface area (Å²) in [6, 6.07) is 10.1. The smallest absolute Gasteiger partial charge is 0.339 e. The molecule has 2 aromatic carbocycles. The third-order valence-corrected chi connectivity index (χ3v) is 3.90. The van der Waals surface area contributed by atoms with E-state index in [1.807, 2.05) is 0 Å². The van der Waals surface area contributed by atoms with E-state index >= 15 is 0 Å². The van der Waals surface area contributed by atoms with E-state index in [0.717, 1.165) is 5.56 Å². The number of nitrogens with one attached hydrogen (secondary N) is 1. The van der Waals surface area contributed by atoms with Crippen LogP contribution in [0.4, 0.5) is 10.1 Å². The third kappa shape index (κ3) is 5.62. The lowest BCUT2D eigenvalue weighted by atomic mass is 10.1. The predicted octanol–water partition coefficient (Wildman–Crippen LogP) is 2.47. The molecule has 8 heteroatoms. The van der Waals surface area contributed by atoms with Gasteiger partial charge in [-0.2, -0.15) is 0 Å². The largest absolute Gasteiger partial charge is 0.465 e. The molecule has 0 heterocycles. The van der Waals surface area contributed by atoms with E-state index in [2.05, 4.69) is 10.1 Å². The van der Waals surface area contributed by atoms with Crippen LogP contribution in [0.25, 0.3) is 0 Å². The first-order valence-corrected chi connectivity index (χ1v) is 8.37. The number of esters is 2. The van der Waals surface area contributed by atoms with Crippen molar-refractivity contribution in [1.29, 1.82) is 0 Å². The van der Waals surface area contributed by atoms with Gasteiger partial charge in [0.15, 0.2) is 0 Å². The van der Waals surface area contributed by atoms with Crippen LogP contribution in [0.15, 0.2) is 42.5 Å². The van der Waals surface area contributed by atoms with E-state index in [0.29, 0.717) is 6.54 Å². The zero-order valence-corrected chi connectivity index (χ0v) is 15.8. The number of anilines is 1. The Bertz CT molecular complexity index is 867. The molecule has 0 aliphatic carbocycles. The van der Waals surface area contributed by atoms with Gasteiger partial charge in [-0.1, -0.05) is 12.1 Å². The Morgan fingerprint density at radius 1 is 1.00 bits per heavy atom. The SMILES string of the molecule is COC(=O)c1ccc(C(=O)OC)c(NC(=O)CN(C)Cc2ccc(F)cc2)c1. The van der Waals surface area contributed by atoms with Gasteiger partial charge in [-0.15, -0.1) is 0 Å². The molecular formula is C20H21FN2O5. The first-order chi connectivity index (χ1) is 13.3. The lowest BCUT2D eigenvalue weighted by Crippen LogP contribution is -2.30. The molecular weight excluding hydrogens is 367 g/mol. The number of ether oxygens (including phenoxy) is 2. The average Bonchev–Trinajstić information content (AvgIpc) is 2.68. The van der Waals surface area contributed by atoms with E-state index in [4.69, 9.17) is 4.74 Å². The van der Waals surface area contributed by atoms with Crippen molar-refractivity contribution in [2.45, 2.75) is 6.54 Å². The van der Waals surface area contributed by atoms with E-state index in [-0.39, 0.29) is 29.2 Å². The fourth-order valence-electron chi connectivity index (χ4n) is 2.57.